The van der Waals surface area contributed by atoms with Crippen molar-refractivity contribution in [2.75, 3.05) is 25.5 Å². The first-order valence-corrected chi connectivity index (χ1v) is 8.71. The van der Waals surface area contributed by atoms with Gasteiger partial charge in [-0.2, -0.15) is 0 Å². The molecule has 0 bridgehead atoms. The number of nitrogens with zero attached hydrogens (tertiary/aromatic N) is 2. The number of Topliss-reactive ketones (excluding diaryl/α,β-unsaturated/α-hetero) is 1. The summed E-state index contributed by atoms with van der Waals surface area (Å²) in [7, 11) is 1.88. The molecule has 3 heterocycles. The van der Waals surface area contributed by atoms with E-state index >= 15 is 0 Å². The van der Waals surface area contributed by atoms with Crippen molar-refractivity contribution in [2.45, 2.75) is 25.0 Å². The number of aromatic nitrogens is 1. The lowest BCUT2D eigenvalue weighted by atomic mass is 9.89. The first kappa shape index (κ1) is 14.7. The van der Waals surface area contributed by atoms with Crippen LogP contribution in [0.5, 0.6) is 5.75 Å². The quantitative estimate of drug-likeness (QED) is 0.938. The number of anilines is 1. The van der Waals surface area contributed by atoms with Crippen LogP contribution in [-0.2, 0) is 6.54 Å². The Morgan fingerprint density at radius 1 is 1.43 bits per heavy atom. The largest absolute Gasteiger partial charge is 0.485 e. The van der Waals surface area contributed by atoms with Gasteiger partial charge in [0, 0.05) is 38.5 Å². The molecule has 0 amide bonds. The normalized spacial score (nSPS) is 23.8. The molecule has 4 rings (SSSR count). The molecule has 2 aliphatic heterocycles. The number of nitrogens with one attached hydrogen (secondary N) is 1. The van der Waals surface area contributed by atoms with Crippen molar-refractivity contribution in [2.24, 2.45) is 0 Å². The Kier molecular flexibility index (Phi) is 3.58. The van der Waals surface area contributed by atoms with Crippen LogP contribution in [0.15, 0.2) is 29.6 Å². The van der Waals surface area contributed by atoms with Crippen molar-refractivity contribution in [3.8, 4) is 5.75 Å². The predicted molar refractivity (Wildman–Crippen MR) is 90.3 cm³/mol. The highest BCUT2D eigenvalue weighted by molar-refractivity contribution is 7.13. The van der Waals surface area contributed by atoms with Crippen LogP contribution >= 0.6 is 11.3 Å². The molecular weight excluding hydrogens is 310 g/mol. The molecule has 2 aliphatic rings. The summed E-state index contributed by atoms with van der Waals surface area (Å²) in [6.45, 7) is 2.51. The molecule has 1 atom stereocenters. The van der Waals surface area contributed by atoms with E-state index in [9.17, 15) is 4.79 Å². The summed E-state index contributed by atoms with van der Waals surface area (Å²) in [5.74, 6) is 0.927. The number of fused-ring (bicyclic) bond motifs is 1. The maximum atomic E-state index is 12.4. The molecule has 0 radical (unpaired) electrons. The molecule has 120 valence electrons. The van der Waals surface area contributed by atoms with Gasteiger partial charge in [0.15, 0.2) is 10.9 Å². The fourth-order valence-corrected chi connectivity index (χ4v) is 4.12. The second kappa shape index (κ2) is 5.62. The predicted octanol–water partition coefficient (Wildman–Crippen LogP) is 2.79. The molecule has 1 spiro atoms. The summed E-state index contributed by atoms with van der Waals surface area (Å²) in [4.78, 5) is 19.3. The molecule has 6 heteroatoms. The topological polar surface area (TPSA) is 54.5 Å². The second-order valence-corrected chi connectivity index (χ2v) is 7.09. The standard InChI is InChI=1S/C17H19N3O2S/c1-18-16-19-12(10-23-16)9-20-7-6-17(11-20)8-14(21)13-4-2-3-5-15(13)22-17/h2-5,10H,6-9,11H2,1H3,(H,18,19)/t17-/m1/s1. The van der Waals surface area contributed by atoms with E-state index in [2.05, 4.69) is 20.6 Å². The maximum Gasteiger partial charge on any atom is 0.182 e. The molecule has 1 aromatic carbocycles. The van der Waals surface area contributed by atoms with E-state index in [4.69, 9.17) is 4.74 Å². The highest BCUT2D eigenvalue weighted by Crippen LogP contribution is 2.38. The summed E-state index contributed by atoms with van der Waals surface area (Å²) >= 11 is 1.62. The highest BCUT2D eigenvalue weighted by atomic mass is 32.1. The molecular formula is C17H19N3O2S. The van der Waals surface area contributed by atoms with E-state index in [0.717, 1.165) is 48.2 Å². The van der Waals surface area contributed by atoms with E-state index in [-0.39, 0.29) is 11.4 Å². The van der Waals surface area contributed by atoms with E-state index in [1.807, 2.05) is 31.3 Å². The first-order valence-electron chi connectivity index (χ1n) is 7.83. The number of likely N-dealkylation sites (tertiary alicyclic amines) is 1. The van der Waals surface area contributed by atoms with Crippen molar-refractivity contribution in [3.63, 3.8) is 0 Å². The van der Waals surface area contributed by atoms with Gasteiger partial charge in [0.1, 0.15) is 11.4 Å². The van der Waals surface area contributed by atoms with E-state index < -0.39 is 0 Å². The number of carbonyl (C=O) groups is 1. The third-order valence-electron chi connectivity index (χ3n) is 4.54. The average molecular weight is 329 g/mol. The zero-order chi connectivity index (χ0) is 15.9. The number of carbonyl (C=O) groups excluding carboxylic acids is 1. The third-order valence-corrected chi connectivity index (χ3v) is 5.45. The Bertz CT molecular complexity index is 745. The summed E-state index contributed by atoms with van der Waals surface area (Å²) in [5.41, 5.74) is 1.42. The average Bonchev–Trinajstić information content (AvgIpc) is 3.15. The van der Waals surface area contributed by atoms with E-state index in [0.29, 0.717) is 6.42 Å². The van der Waals surface area contributed by atoms with Gasteiger partial charge in [-0.1, -0.05) is 12.1 Å². The van der Waals surface area contributed by atoms with Gasteiger partial charge in [-0.3, -0.25) is 9.69 Å². The Balaban J connectivity index is 1.49. The van der Waals surface area contributed by atoms with Crippen LogP contribution in [0.25, 0.3) is 0 Å². The lowest BCUT2D eigenvalue weighted by Crippen LogP contribution is -2.44. The van der Waals surface area contributed by atoms with Crippen molar-refractivity contribution in [1.82, 2.24) is 9.88 Å². The van der Waals surface area contributed by atoms with Gasteiger partial charge in [0.2, 0.25) is 0 Å². The third kappa shape index (κ3) is 2.72. The van der Waals surface area contributed by atoms with Gasteiger partial charge in [0.05, 0.1) is 17.7 Å². The minimum Gasteiger partial charge on any atom is -0.485 e. The lowest BCUT2D eigenvalue weighted by molar-refractivity contribution is 0.0455. The van der Waals surface area contributed by atoms with Crippen LogP contribution in [0.3, 0.4) is 0 Å². The summed E-state index contributed by atoms with van der Waals surface area (Å²) in [5, 5.41) is 6.08. The van der Waals surface area contributed by atoms with Crippen LogP contribution in [-0.4, -0.2) is 41.4 Å². The second-order valence-electron chi connectivity index (χ2n) is 6.24. The number of hydrogen-bond donors (Lipinski definition) is 1. The van der Waals surface area contributed by atoms with Crippen molar-refractivity contribution < 1.29 is 9.53 Å². The molecule has 1 saturated heterocycles. The van der Waals surface area contributed by atoms with Gasteiger partial charge >= 0.3 is 0 Å². The van der Waals surface area contributed by atoms with Crippen LogP contribution in [0.2, 0.25) is 0 Å². The molecule has 0 aliphatic carbocycles. The fraction of sp³-hybridized carbons (Fsp3) is 0.412. The number of hydrogen-bond acceptors (Lipinski definition) is 6. The van der Waals surface area contributed by atoms with Gasteiger partial charge in [-0.25, -0.2) is 4.98 Å². The van der Waals surface area contributed by atoms with Crippen molar-refractivity contribution >= 4 is 22.3 Å². The molecule has 0 saturated carbocycles. The van der Waals surface area contributed by atoms with Crippen molar-refractivity contribution in [3.05, 3.63) is 40.9 Å². The van der Waals surface area contributed by atoms with Gasteiger partial charge in [-0.15, -0.1) is 11.3 Å². The van der Waals surface area contributed by atoms with Crippen LogP contribution in [0.4, 0.5) is 5.13 Å². The summed E-state index contributed by atoms with van der Waals surface area (Å²) in [6, 6.07) is 7.56. The van der Waals surface area contributed by atoms with Crippen LogP contribution in [0.1, 0.15) is 28.9 Å². The van der Waals surface area contributed by atoms with Crippen LogP contribution < -0.4 is 10.1 Å². The highest BCUT2D eigenvalue weighted by Gasteiger charge is 2.45. The number of thiazole rings is 1. The van der Waals surface area contributed by atoms with Crippen molar-refractivity contribution in [1.29, 1.82) is 0 Å². The zero-order valence-electron chi connectivity index (χ0n) is 13.0. The monoisotopic (exact) mass is 329 g/mol. The molecule has 0 unspecified atom stereocenters. The number of rotatable bonds is 3. The van der Waals surface area contributed by atoms with E-state index in [1.54, 1.807) is 11.3 Å². The molecule has 1 N–H and O–H groups in total. The Labute approximate surface area is 139 Å². The zero-order valence-corrected chi connectivity index (χ0v) is 13.9. The number of benzene rings is 1. The minimum absolute atomic E-state index is 0.194. The fourth-order valence-electron chi connectivity index (χ4n) is 3.46. The lowest BCUT2D eigenvalue weighted by Gasteiger charge is -2.34. The smallest absolute Gasteiger partial charge is 0.182 e. The molecule has 1 fully saturated rings. The Morgan fingerprint density at radius 3 is 3.13 bits per heavy atom. The van der Waals surface area contributed by atoms with Crippen LogP contribution in [0, 0.1) is 0 Å². The molecule has 23 heavy (non-hydrogen) atoms. The summed E-state index contributed by atoms with van der Waals surface area (Å²) < 4.78 is 6.25. The first-order chi connectivity index (χ1) is 11.2. The Morgan fingerprint density at radius 2 is 2.30 bits per heavy atom. The number of ether oxygens (including phenoxy) is 1. The minimum atomic E-state index is -0.368. The van der Waals surface area contributed by atoms with Gasteiger partial charge < -0.3 is 10.1 Å². The van der Waals surface area contributed by atoms with Gasteiger partial charge in [0.25, 0.3) is 0 Å². The Hall–Kier alpha value is -1.92. The number of ketones is 1. The maximum absolute atomic E-state index is 12.4. The molecule has 1 aromatic heterocycles. The number of para-hydroxylation sites is 1. The van der Waals surface area contributed by atoms with Gasteiger partial charge in [-0.05, 0) is 12.1 Å². The summed E-state index contributed by atoms with van der Waals surface area (Å²) in [6.07, 6.45) is 1.36. The molecule has 5 nitrogen and oxygen atoms in total. The van der Waals surface area contributed by atoms with E-state index in [1.165, 1.54) is 0 Å². The SMILES string of the molecule is CNc1nc(CN2CC[C@@]3(CC(=O)c4ccccc4O3)C2)cs1. The molecule has 2 aromatic rings.